The molecule has 5 nitrogen and oxygen atoms in total. The molecule has 1 aromatic carbocycles. The second-order valence-electron chi connectivity index (χ2n) is 5.94. The molecule has 0 aliphatic rings. The molecule has 9 heteroatoms. The highest BCUT2D eigenvalue weighted by atomic mass is 35.5. The summed E-state index contributed by atoms with van der Waals surface area (Å²) in [5.41, 5.74) is 0.149. The van der Waals surface area contributed by atoms with Crippen molar-refractivity contribution in [1.82, 2.24) is 10.1 Å². The molecular weight excluding hydrogens is 387 g/mol. The molecule has 1 amide bonds. The first-order valence-electron chi connectivity index (χ1n) is 7.59. The van der Waals surface area contributed by atoms with Gasteiger partial charge in [-0.25, -0.2) is 19.7 Å². The highest BCUT2D eigenvalue weighted by molar-refractivity contribution is 6.36. The first-order chi connectivity index (χ1) is 12.0. The molecule has 144 valence electrons. The summed E-state index contributed by atoms with van der Waals surface area (Å²) in [6, 6.07) is 2.61. The lowest BCUT2D eigenvalue weighted by molar-refractivity contribution is -0.169. The van der Waals surface area contributed by atoms with Crippen LogP contribution in [-0.4, -0.2) is 40.7 Å². The van der Waals surface area contributed by atoms with Crippen LogP contribution in [0, 0.1) is 6.92 Å². The Bertz CT molecular complexity index is 701. The Kier molecular flexibility index (Phi) is 8.02. The Labute approximate surface area is 161 Å². The zero-order chi connectivity index (χ0) is 20.2. The number of hydrogen-bond acceptors (Lipinski definition) is 4. The SMILES string of the molecule is C=C(/C(=C\N(C)N)C(=O)N(O)C(C)Cc1c(Cl)cc(C)cc1Cl)C(F)F. The molecule has 0 spiro atoms. The van der Waals surface area contributed by atoms with Gasteiger partial charge in [0.05, 0.1) is 11.6 Å². The van der Waals surface area contributed by atoms with Crippen LogP contribution in [-0.2, 0) is 11.2 Å². The van der Waals surface area contributed by atoms with Crippen LogP contribution in [0.15, 0.2) is 36.1 Å². The van der Waals surface area contributed by atoms with Gasteiger partial charge in [0.1, 0.15) is 0 Å². The number of nitrogens with zero attached hydrogens (tertiary/aromatic N) is 2. The maximum Gasteiger partial charge on any atom is 0.279 e. The highest BCUT2D eigenvalue weighted by Gasteiger charge is 2.28. The van der Waals surface area contributed by atoms with E-state index in [1.807, 2.05) is 6.92 Å². The first-order valence-corrected chi connectivity index (χ1v) is 8.34. The van der Waals surface area contributed by atoms with E-state index >= 15 is 0 Å². The Hall–Kier alpha value is -1.67. The first kappa shape index (κ1) is 22.4. The molecule has 3 N–H and O–H groups in total. The second kappa shape index (κ2) is 9.32. The molecule has 0 aliphatic heterocycles. The number of hydroxylamine groups is 2. The number of carbonyl (C=O) groups excluding carboxylic acids is 1. The summed E-state index contributed by atoms with van der Waals surface area (Å²) in [5.74, 6) is 4.35. The number of nitrogens with two attached hydrogens (primary N) is 1. The van der Waals surface area contributed by atoms with Crippen LogP contribution in [0.1, 0.15) is 18.1 Å². The van der Waals surface area contributed by atoms with Gasteiger partial charge < -0.3 is 5.01 Å². The Morgan fingerprint density at radius 2 is 1.88 bits per heavy atom. The third-order valence-electron chi connectivity index (χ3n) is 3.58. The molecule has 1 rings (SSSR count). The third kappa shape index (κ3) is 5.67. The monoisotopic (exact) mass is 407 g/mol. The van der Waals surface area contributed by atoms with Crippen LogP contribution in [0.2, 0.25) is 10.0 Å². The molecular formula is C17H21Cl2F2N3O2. The number of carbonyl (C=O) groups is 1. The summed E-state index contributed by atoms with van der Waals surface area (Å²) in [6.07, 6.45) is -1.89. The van der Waals surface area contributed by atoms with E-state index in [9.17, 15) is 18.8 Å². The summed E-state index contributed by atoms with van der Waals surface area (Å²) in [5, 5.41) is 12.2. The van der Waals surface area contributed by atoms with E-state index < -0.39 is 29.5 Å². The van der Waals surface area contributed by atoms with Crippen LogP contribution >= 0.6 is 23.2 Å². The normalized spacial score (nSPS) is 12.9. The molecule has 1 atom stereocenters. The fraction of sp³-hybridized carbons (Fsp3) is 0.353. The standard InChI is InChI=1S/C17H21Cl2F2N3O2/c1-9-5-14(18)12(15(19)6-9)7-10(2)24(26)17(25)13(8-23(4)22)11(3)16(20)21/h5-6,8,10,16,26H,3,7,22H2,1-2,4H3/b13-8+. The van der Waals surface area contributed by atoms with E-state index in [0.717, 1.165) is 16.8 Å². The molecule has 0 radical (unpaired) electrons. The summed E-state index contributed by atoms with van der Waals surface area (Å²) in [4.78, 5) is 12.4. The predicted octanol–water partition coefficient (Wildman–Crippen LogP) is 3.96. The largest absolute Gasteiger partial charge is 0.321 e. The Balaban J connectivity index is 3.07. The summed E-state index contributed by atoms with van der Waals surface area (Å²) in [7, 11) is 1.35. The van der Waals surface area contributed by atoms with E-state index in [1.54, 1.807) is 12.1 Å². The number of rotatable bonds is 7. The minimum absolute atomic E-state index is 0.118. The molecule has 0 bridgehead atoms. The maximum atomic E-state index is 13.0. The van der Waals surface area contributed by atoms with Gasteiger partial charge in [-0.15, -0.1) is 0 Å². The summed E-state index contributed by atoms with van der Waals surface area (Å²) in [6.45, 7) is 6.54. The quantitative estimate of drug-likeness (QED) is 0.236. The van der Waals surface area contributed by atoms with Gasteiger partial charge in [0, 0.05) is 28.9 Å². The van der Waals surface area contributed by atoms with Crippen molar-refractivity contribution in [3.8, 4) is 0 Å². The summed E-state index contributed by atoms with van der Waals surface area (Å²) < 4.78 is 25.9. The number of alkyl halides is 2. The molecule has 0 saturated heterocycles. The highest BCUT2D eigenvalue weighted by Crippen LogP contribution is 2.29. The van der Waals surface area contributed by atoms with Gasteiger partial charge in [-0.1, -0.05) is 29.8 Å². The van der Waals surface area contributed by atoms with E-state index in [1.165, 1.54) is 14.0 Å². The van der Waals surface area contributed by atoms with Crippen molar-refractivity contribution in [2.45, 2.75) is 32.7 Å². The zero-order valence-electron chi connectivity index (χ0n) is 14.6. The van der Waals surface area contributed by atoms with E-state index in [2.05, 4.69) is 6.58 Å². The molecule has 1 aromatic rings. The number of aryl methyl sites for hydroxylation is 1. The van der Waals surface area contributed by atoms with Crippen LogP contribution in [0.4, 0.5) is 8.78 Å². The van der Waals surface area contributed by atoms with Gasteiger partial charge in [0.15, 0.2) is 0 Å². The number of benzene rings is 1. The molecule has 0 heterocycles. The summed E-state index contributed by atoms with van der Waals surface area (Å²) >= 11 is 12.3. The average Bonchev–Trinajstić information content (AvgIpc) is 2.53. The second-order valence-corrected chi connectivity index (χ2v) is 6.76. The van der Waals surface area contributed by atoms with Gasteiger partial charge in [0.2, 0.25) is 0 Å². The molecule has 0 fully saturated rings. The minimum atomic E-state index is -2.98. The van der Waals surface area contributed by atoms with Crippen molar-refractivity contribution in [1.29, 1.82) is 0 Å². The van der Waals surface area contributed by atoms with E-state index in [-0.39, 0.29) is 6.42 Å². The molecule has 26 heavy (non-hydrogen) atoms. The fourth-order valence-corrected chi connectivity index (χ4v) is 2.98. The molecule has 0 aromatic heterocycles. The van der Waals surface area contributed by atoms with Crippen molar-refractivity contribution < 1.29 is 18.8 Å². The van der Waals surface area contributed by atoms with E-state index in [0.29, 0.717) is 20.7 Å². The van der Waals surface area contributed by atoms with Crippen LogP contribution in [0.3, 0.4) is 0 Å². The van der Waals surface area contributed by atoms with Gasteiger partial charge in [-0.2, -0.15) is 0 Å². The van der Waals surface area contributed by atoms with Crippen LogP contribution < -0.4 is 5.84 Å². The Morgan fingerprint density at radius 1 is 1.38 bits per heavy atom. The van der Waals surface area contributed by atoms with Gasteiger partial charge in [-0.3, -0.25) is 10.0 Å². The zero-order valence-corrected chi connectivity index (χ0v) is 16.2. The minimum Gasteiger partial charge on any atom is -0.321 e. The molecule has 0 saturated carbocycles. The number of amides is 1. The van der Waals surface area contributed by atoms with Gasteiger partial charge in [0.25, 0.3) is 12.3 Å². The topological polar surface area (TPSA) is 69.8 Å². The van der Waals surface area contributed by atoms with Crippen molar-refractivity contribution in [3.63, 3.8) is 0 Å². The van der Waals surface area contributed by atoms with Crippen molar-refractivity contribution in [2.75, 3.05) is 7.05 Å². The molecule has 0 aliphatic carbocycles. The average molecular weight is 408 g/mol. The van der Waals surface area contributed by atoms with E-state index in [4.69, 9.17) is 29.0 Å². The van der Waals surface area contributed by atoms with Crippen molar-refractivity contribution in [2.24, 2.45) is 5.84 Å². The van der Waals surface area contributed by atoms with Crippen LogP contribution in [0.5, 0.6) is 0 Å². The maximum absolute atomic E-state index is 13.0. The van der Waals surface area contributed by atoms with Gasteiger partial charge in [-0.05, 0) is 43.5 Å². The lowest BCUT2D eigenvalue weighted by atomic mass is 10.0. The predicted molar refractivity (Wildman–Crippen MR) is 98.2 cm³/mol. The lowest BCUT2D eigenvalue weighted by Gasteiger charge is -2.25. The lowest BCUT2D eigenvalue weighted by Crippen LogP contribution is -2.39. The van der Waals surface area contributed by atoms with Crippen molar-refractivity contribution >= 4 is 29.1 Å². The number of hydrazine groups is 1. The fourth-order valence-electron chi connectivity index (χ4n) is 2.23. The van der Waals surface area contributed by atoms with Gasteiger partial charge >= 0.3 is 0 Å². The smallest absolute Gasteiger partial charge is 0.279 e. The number of hydrogen-bond donors (Lipinski definition) is 2. The van der Waals surface area contributed by atoms with Crippen molar-refractivity contribution in [3.05, 3.63) is 57.2 Å². The third-order valence-corrected chi connectivity index (χ3v) is 4.26. The Morgan fingerprint density at radius 3 is 2.31 bits per heavy atom. The van der Waals surface area contributed by atoms with Crippen LogP contribution in [0.25, 0.3) is 0 Å². The number of halogens is 4. The molecule has 1 unspecified atom stereocenters.